The molecule has 0 radical (unpaired) electrons. The molecule has 1 heterocycles. The smallest absolute Gasteiger partial charge is 0.337 e. The molecule has 0 aliphatic carbocycles. The van der Waals surface area contributed by atoms with Crippen molar-refractivity contribution >= 4 is 56.7 Å². The van der Waals surface area contributed by atoms with E-state index in [0.29, 0.717) is 38.5 Å². The summed E-state index contributed by atoms with van der Waals surface area (Å²) in [6.45, 7) is 3.58. The standard InChI is InChI=1S/C24H26BrIN4O7/c1-4-36-18-8-13(21-20(23(33)35-3)12(2)28-24(34)29-21)5-6-17(18)37-11-19(31)30-27-10-14-7-15(25)9-16(26)22(14)32/h5-10,19,21,30-32H,4,11H2,1-3H3,(H2,28,29,34)/b27-10+/t19-,21-/m1/s1. The summed E-state index contributed by atoms with van der Waals surface area (Å²) in [5.74, 6) is 0.204. The molecule has 0 unspecified atom stereocenters. The number of ether oxygens (including phenoxy) is 3. The predicted octanol–water partition coefficient (Wildman–Crippen LogP) is 3.28. The van der Waals surface area contributed by atoms with Crippen molar-refractivity contribution < 1.29 is 34.0 Å². The third kappa shape index (κ3) is 7.26. The van der Waals surface area contributed by atoms with Gasteiger partial charge in [0.1, 0.15) is 12.4 Å². The van der Waals surface area contributed by atoms with Crippen molar-refractivity contribution in [2.75, 3.05) is 20.3 Å². The van der Waals surface area contributed by atoms with E-state index in [1.165, 1.54) is 13.3 Å². The highest BCUT2D eigenvalue weighted by molar-refractivity contribution is 14.1. The molecule has 13 heteroatoms. The molecule has 1 aliphatic heterocycles. The van der Waals surface area contributed by atoms with Crippen LogP contribution in [0.1, 0.15) is 31.0 Å². The zero-order valence-corrected chi connectivity index (χ0v) is 23.9. The van der Waals surface area contributed by atoms with E-state index in [2.05, 4.69) is 37.1 Å². The van der Waals surface area contributed by atoms with Crippen molar-refractivity contribution in [3.8, 4) is 17.2 Å². The van der Waals surface area contributed by atoms with Crippen molar-refractivity contribution in [2.24, 2.45) is 5.10 Å². The van der Waals surface area contributed by atoms with Gasteiger partial charge in [-0.1, -0.05) is 22.0 Å². The Balaban J connectivity index is 1.72. The number of methoxy groups -OCH3 is 1. The first-order valence-corrected chi connectivity index (χ1v) is 12.9. The first-order chi connectivity index (χ1) is 17.6. The van der Waals surface area contributed by atoms with Gasteiger partial charge in [-0.2, -0.15) is 5.10 Å². The van der Waals surface area contributed by atoms with E-state index in [1.807, 2.05) is 22.6 Å². The third-order valence-corrected chi connectivity index (χ3v) is 6.44. The molecule has 0 aromatic heterocycles. The number of phenolic OH excluding ortho intramolecular Hbond substituents is 1. The number of hydrazone groups is 1. The summed E-state index contributed by atoms with van der Waals surface area (Å²) in [5.41, 5.74) is 4.24. The number of nitrogens with one attached hydrogen (secondary N) is 3. The second kappa shape index (κ2) is 13.0. The highest BCUT2D eigenvalue weighted by Gasteiger charge is 2.32. The van der Waals surface area contributed by atoms with E-state index in [1.54, 1.807) is 44.2 Å². The number of nitrogens with zero attached hydrogens (tertiary/aromatic N) is 1. The normalized spacial score (nSPS) is 16.2. The molecule has 2 amide bonds. The lowest BCUT2D eigenvalue weighted by atomic mass is 9.95. The molecule has 0 spiro atoms. The number of phenols is 1. The molecule has 0 saturated carbocycles. The van der Waals surface area contributed by atoms with E-state index >= 15 is 0 Å². The van der Waals surface area contributed by atoms with Gasteiger partial charge >= 0.3 is 12.0 Å². The minimum Gasteiger partial charge on any atom is -0.506 e. The van der Waals surface area contributed by atoms with Crippen molar-refractivity contribution in [3.05, 3.63) is 60.8 Å². The second-order valence-electron chi connectivity index (χ2n) is 7.74. The number of carbonyl (C=O) groups excluding carboxylic acids is 2. The van der Waals surface area contributed by atoms with Crippen molar-refractivity contribution in [1.82, 2.24) is 16.1 Å². The maximum Gasteiger partial charge on any atom is 0.337 e. The van der Waals surface area contributed by atoms with E-state index in [9.17, 15) is 19.8 Å². The van der Waals surface area contributed by atoms with Crippen LogP contribution in [0.25, 0.3) is 0 Å². The van der Waals surface area contributed by atoms with Gasteiger partial charge < -0.3 is 35.1 Å². The molecular formula is C24H26BrIN4O7. The number of amides is 2. The van der Waals surface area contributed by atoms with Crippen LogP contribution in [-0.2, 0) is 9.53 Å². The number of aliphatic hydroxyl groups excluding tert-OH is 1. The Labute approximate surface area is 235 Å². The molecule has 5 N–H and O–H groups in total. The number of esters is 1. The van der Waals surface area contributed by atoms with Gasteiger partial charge in [0.05, 0.1) is 35.1 Å². The molecule has 1 aliphatic rings. The number of aliphatic hydroxyl groups is 1. The quantitative estimate of drug-likeness (QED) is 0.0840. The Morgan fingerprint density at radius 3 is 2.76 bits per heavy atom. The van der Waals surface area contributed by atoms with E-state index < -0.39 is 24.3 Å². The van der Waals surface area contributed by atoms with Crippen LogP contribution in [0.15, 0.2) is 51.2 Å². The summed E-state index contributed by atoms with van der Waals surface area (Å²) >= 11 is 5.36. The number of hydrogen-bond donors (Lipinski definition) is 5. The molecule has 0 saturated heterocycles. The van der Waals surface area contributed by atoms with Gasteiger partial charge in [0.2, 0.25) is 0 Å². The zero-order chi connectivity index (χ0) is 27.1. The molecule has 11 nitrogen and oxygen atoms in total. The Hall–Kier alpha value is -3.04. The molecule has 2 aromatic rings. The lowest BCUT2D eigenvalue weighted by Crippen LogP contribution is -2.45. The van der Waals surface area contributed by atoms with Crippen LogP contribution >= 0.6 is 38.5 Å². The minimum atomic E-state index is -1.17. The van der Waals surface area contributed by atoms with Gasteiger partial charge in [0.25, 0.3) is 0 Å². The van der Waals surface area contributed by atoms with Crippen LogP contribution in [0.3, 0.4) is 0 Å². The van der Waals surface area contributed by atoms with Crippen molar-refractivity contribution in [3.63, 3.8) is 0 Å². The number of hydrogen-bond acceptors (Lipinski definition) is 9. The summed E-state index contributed by atoms with van der Waals surface area (Å²) in [6.07, 6.45) is 0.215. The molecule has 2 atom stereocenters. The number of halogens is 2. The summed E-state index contributed by atoms with van der Waals surface area (Å²) in [7, 11) is 1.27. The molecule has 3 rings (SSSR count). The van der Waals surface area contributed by atoms with Crippen LogP contribution in [0, 0.1) is 3.57 Å². The molecule has 37 heavy (non-hydrogen) atoms. The number of allylic oxidation sites excluding steroid dienone is 1. The Kier molecular flexibility index (Phi) is 10.00. The Bertz CT molecular complexity index is 1240. The summed E-state index contributed by atoms with van der Waals surface area (Å²) in [6, 6.07) is 7.20. The highest BCUT2D eigenvalue weighted by atomic mass is 127. The zero-order valence-electron chi connectivity index (χ0n) is 20.2. The van der Waals surface area contributed by atoms with Gasteiger partial charge in [-0.3, -0.25) is 5.43 Å². The Morgan fingerprint density at radius 1 is 1.30 bits per heavy atom. The topological polar surface area (TPSA) is 151 Å². The van der Waals surface area contributed by atoms with Gasteiger partial charge in [0, 0.05) is 15.7 Å². The van der Waals surface area contributed by atoms with Crippen LogP contribution < -0.4 is 25.5 Å². The van der Waals surface area contributed by atoms with Crippen LogP contribution in [0.4, 0.5) is 4.79 Å². The number of urea groups is 1. The summed E-state index contributed by atoms with van der Waals surface area (Å²) in [5, 5.41) is 29.6. The number of benzene rings is 2. The highest BCUT2D eigenvalue weighted by Crippen LogP contribution is 2.35. The fraction of sp³-hybridized carbons (Fsp3) is 0.292. The Morgan fingerprint density at radius 2 is 2.05 bits per heavy atom. The van der Waals surface area contributed by atoms with E-state index in [4.69, 9.17) is 14.2 Å². The monoisotopic (exact) mass is 688 g/mol. The minimum absolute atomic E-state index is 0.0758. The molecule has 2 aromatic carbocycles. The van der Waals surface area contributed by atoms with Gasteiger partial charge in [-0.15, -0.1) is 0 Å². The summed E-state index contributed by atoms with van der Waals surface area (Å²) in [4.78, 5) is 24.4. The van der Waals surface area contributed by atoms with Crippen LogP contribution in [-0.4, -0.2) is 55.0 Å². The van der Waals surface area contributed by atoms with Crippen LogP contribution in [0.5, 0.6) is 17.2 Å². The van der Waals surface area contributed by atoms with Gasteiger partial charge in [-0.05, 0) is 66.3 Å². The predicted molar refractivity (Wildman–Crippen MR) is 147 cm³/mol. The van der Waals surface area contributed by atoms with Crippen LogP contribution in [0.2, 0.25) is 0 Å². The van der Waals surface area contributed by atoms with Gasteiger partial charge in [-0.25, -0.2) is 9.59 Å². The SMILES string of the molecule is CCOc1cc([C@H]2NC(=O)NC(C)=C2C(=O)OC)ccc1OC[C@@H](O)N/N=C/c1cc(Br)cc(I)c1O. The average molecular weight is 689 g/mol. The van der Waals surface area contributed by atoms with E-state index in [-0.39, 0.29) is 17.9 Å². The lowest BCUT2D eigenvalue weighted by Gasteiger charge is -2.28. The number of rotatable bonds is 10. The van der Waals surface area contributed by atoms with Crippen molar-refractivity contribution in [1.29, 1.82) is 0 Å². The summed E-state index contributed by atoms with van der Waals surface area (Å²) < 4.78 is 17.7. The fourth-order valence-electron chi connectivity index (χ4n) is 3.50. The number of aromatic hydroxyl groups is 1. The average Bonchev–Trinajstić information content (AvgIpc) is 2.85. The first kappa shape index (κ1) is 28.5. The molecular weight excluding hydrogens is 663 g/mol. The maximum absolute atomic E-state index is 12.4. The third-order valence-electron chi connectivity index (χ3n) is 5.16. The second-order valence-corrected chi connectivity index (χ2v) is 9.82. The number of carbonyl (C=O) groups is 2. The van der Waals surface area contributed by atoms with E-state index in [0.717, 1.165) is 4.47 Å². The molecule has 0 fully saturated rings. The first-order valence-electron chi connectivity index (χ1n) is 11.0. The maximum atomic E-state index is 12.4. The van der Waals surface area contributed by atoms with Gasteiger partial charge in [0.15, 0.2) is 17.7 Å². The molecule has 0 bridgehead atoms. The molecule has 198 valence electrons. The lowest BCUT2D eigenvalue weighted by molar-refractivity contribution is -0.136. The fourth-order valence-corrected chi connectivity index (χ4v) is 5.05. The largest absolute Gasteiger partial charge is 0.506 e. The van der Waals surface area contributed by atoms with Crippen molar-refractivity contribution in [2.45, 2.75) is 26.1 Å².